The van der Waals surface area contributed by atoms with Crippen LogP contribution >= 0.6 is 23.1 Å². The molecule has 3 rings (SSSR count). The lowest BCUT2D eigenvalue weighted by Gasteiger charge is -2.26. The number of hydrogen-bond acceptors (Lipinski definition) is 4. The van der Waals surface area contributed by atoms with Crippen molar-refractivity contribution in [3.63, 3.8) is 0 Å². The summed E-state index contributed by atoms with van der Waals surface area (Å²) in [5, 5.41) is 10.1. The topological polar surface area (TPSA) is 39.7 Å². The molecule has 1 saturated carbocycles. The zero-order valence-electron chi connectivity index (χ0n) is 14.9. The lowest BCUT2D eigenvalue weighted by atomic mass is 10.1. The first-order valence-corrected chi connectivity index (χ1v) is 11.3. The van der Waals surface area contributed by atoms with Crippen LogP contribution in [-0.2, 0) is 13.0 Å². The quantitative estimate of drug-likeness (QED) is 0.600. The summed E-state index contributed by atoms with van der Waals surface area (Å²) in [4.78, 5) is 8.92. The van der Waals surface area contributed by atoms with Crippen LogP contribution in [0.1, 0.15) is 36.6 Å². The third-order valence-corrected chi connectivity index (χ3v) is 7.09. The Morgan fingerprint density at radius 1 is 1.46 bits per heavy atom. The fourth-order valence-corrected chi connectivity index (χ4v) is 5.29. The standard InChI is InChI=1S/C18H30N4S2/c1-3-19-18(21-15-4-5-16(12-15)23-2)20-8-10-22-9-6-17-14(13-22)7-11-24-17/h7,11,15-16H,3-6,8-10,12-13H2,1-2H3,(H2,19,20,21). The molecule has 0 bridgehead atoms. The minimum Gasteiger partial charge on any atom is -0.357 e. The SMILES string of the molecule is CCNC(=NCCN1CCc2sccc2C1)NC1CCC(SC)C1. The molecule has 6 heteroatoms. The molecule has 2 heterocycles. The fourth-order valence-electron chi connectivity index (χ4n) is 3.60. The zero-order chi connectivity index (χ0) is 16.8. The van der Waals surface area contributed by atoms with Crippen LogP contribution in [0.2, 0.25) is 0 Å². The second-order valence-electron chi connectivity index (χ2n) is 6.67. The van der Waals surface area contributed by atoms with Gasteiger partial charge >= 0.3 is 0 Å². The van der Waals surface area contributed by atoms with E-state index in [4.69, 9.17) is 4.99 Å². The molecule has 2 N–H and O–H groups in total. The number of hydrogen-bond donors (Lipinski definition) is 2. The highest BCUT2D eigenvalue weighted by molar-refractivity contribution is 7.99. The van der Waals surface area contributed by atoms with Gasteiger partial charge in [-0.25, -0.2) is 0 Å². The van der Waals surface area contributed by atoms with Crippen LogP contribution in [0.4, 0.5) is 0 Å². The van der Waals surface area contributed by atoms with Gasteiger partial charge in [-0.1, -0.05) is 0 Å². The van der Waals surface area contributed by atoms with Gasteiger partial charge in [0, 0.05) is 42.3 Å². The Balaban J connectivity index is 1.46. The summed E-state index contributed by atoms with van der Waals surface area (Å²) in [5.74, 6) is 0.998. The first kappa shape index (κ1) is 18.1. The maximum atomic E-state index is 4.81. The molecule has 2 atom stereocenters. The minimum absolute atomic E-state index is 0.587. The van der Waals surface area contributed by atoms with Gasteiger partial charge in [0.25, 0.3) is 0 Å². The van der Waals surface area contributed by atoms with Crippen molar-refractivity contribution in [2.45, 2.75) is 50.4 Å². The van der Waals surface area contributed by atoms with E-state index in [0.29, 0.717) is 6.04 Å². The highest BCUT2D eigenvalue weighted by Crippen LogP contribution is 2.28. The van der Waals surface area contributed by atoms with Crippen molar-refractivity contribution in [2.24, 2.45) is 4.99 Å². The van der Waals surface area contributed by atoms with Crippen molar-refractivity contribution in [3.8, 4) is 0 Å². The average Bonchev–Trinajstić information content (AvgIpc) is 3.23. The summed E-state index contributed by atoms with van der Waals surface area (Å²) < 4.78 is 0. The minimum atomic E-state index is 0.587. The predicted octanol–water partition coefficient (Wildman–Crippen LogP) is 2.95. The van der Waals surface area contributed by atoms with Crippen molar-refractivity contribution in [1.29, 1.82) is 0 Å². The van der Waals surface area contributed by atoms with Crippen molar-refractivity contribution in [2.75, 3.05) is 32.4 Å². The van der Waals surface area contributed by atoms with E-state index in [1.165, 1.54) is 37.8 Å². The predicted molar refractivity (Wildman–Crippen MR) is 107 cm³/mol. The summed E-state index contributed by atoms with van der Waals surface area (Å²) in [5.41, 5.74) is 1.52. The van der Waals surface area contributed by atoms with Crippen molar-refractivity contribution < 1.29 is 0 Å². The molecule has 1 fully saturated rings. The Morgan fingerprint density at radius 2 is 2.38 bits per heavy atom. The number of thioether (sulfide) groups is 1. The molecule has 1 aliphatic carbocycles. The van der Waals surface area contributed by atoms with Gasteiger partial charge in [0.1, 0.15) is 0 Å². The van der Waals surface area contributed by atoms with E-state index in [0.717, 1.165) is 37.4 Å². The van der Waals surface area contributed by atoms with Gasteiger partial charge in [-0.15, -0.1) is 11.3 Å². The van der Waals surface area contributed by atoms with E-state index in [1.54, 1.807) is 4.88 Å². The molecule has 0 amide bonds. The Hall–Kier alpha value is -0.720. The maximum absolute atomic E-state index is 4.81. The largest absolute Gasteiger partial charge is 0.357 e. The number of aliphatic imine (C=N–C) groups is 1. The van der Waals surface area contributed by atoms with Crippen LogP contribution < -0.4 is 10.6 Å². The van der Waals surface area contributed by atoms with Crippen LogP contribution in [0.5, 0.6) is 0 Å². The molecule has 1 aromatic heterocycles. The summed E-state index contributed by atoms with van der Waals surface area (Å²) in [6.45, 7) is 7.24. The van der Waals surface area contributed by atoms with Crippen LogP contribution in [0.15, 0.2) is 16.4 Å². The summed E-state index contributed by atoms with van der Waals surface area (Å²) >= 11 is 3.91. The normalized spacial score (nSPS) is 24.8. The number of nitrogens with one attached hydrogen (secondary N) is 2. The smallest absolute Gasteiger partial charge is 0.191 e. The van der Waals surface area contributed by atoms with Gasteiger partial charge in [-0.3, -0.25) is 9.89 Å². The number of guanidine groups is 1. The molecular formula is C18H30N4S2. The maximum Gasteiger partial charge on any atom is 0.191 e. The molecule has 2 unspecified atom stereocenters. The van der Waals surface area contributed by atoms with E-state index < -0.39 is 0 Å². The fraction of sp³-hybridized carbons (Fsp3) is 0.722. The number of nitrogens with zero attached hydrogens (tertiary/aromatic N) is 2. The zero-order valence-corrected chi connectivity index (χ0v) is 16.5. The third-order valence-electron chi connectivity index (χ3n) is 4.98. The van der Waals surface area contributed by atoms with Gasteiger partial charge in [0.15, 0.2) is 5.96 Å². The van der Waals surface area contributed by atoms with Crippen molar-refractivity contribution in [1.82, 2.24) is 15.5 Å². The van der Waals surface area contributed by atoms with Gasteiger partial charge in [0.05, 0.1) is 6.54 Å². The molecule has 0 aromatic carbocycles. The second-order valence-corrected chi connectivity index (χ2v) is 8.81. The Morgan fingerprint density at radius 3 is 3.17 bits per heavy atom. The van der Waals surface area contributed by atoms with E-state index in [-0.39, 0.29) is 0 Å². The molecule has 2 aliphatic rings. The first-order valence-electron chi connectivity index (χ1n) is 9.13. The molecule has 0 radical (unpaired) electrons. The van der Waals surface area contributed by atoms with Gasteiger partial charge in [-0.2, -0.15) is 11.8 Å². The summed E-state index contributed by atoms with van der Waals surface area (Å²) in [7, 11) is 0. The monoisotopic (exact) mass is 366 g/mol. The van der Waals surface area contributed by atoms with Gasteiger partial charge in [-0.05, 0) is 55.9 Å². The van der Waals surface area contributed by atoms with Crippen molar-refractivity contribution in [3.05, 3.63) is 21.9 Å². The summed E-state index contributed by atoms with van der Waals surface area (Å²) in [6, 6.07) is 2.87. The molecular weight excluding hydrogens is 336 g/mol. The Bertz CT molecular complexity index is 543. The Kier molecular flexibility index (Phi) is 6.86. The van der Waals surface area contributed by atoms with Crippen LogP contribution in [0, 0.1) is 0 Å². The van der Waals surface area contributed by atoms with Crippen LogP contribution in [-0.4, -0.2) is 54.6 Å². The number of fused-ring (bicyclic) bond motifs is 1. The molecule has 4 nitrogen and oxygen atoms in total. The van der Waals surface area contributed by atoms with E-state index >= 15 is 0 Å². The van der Waals surface area contributed by atoms with E-state index in [9.17, 15) is 0 Å². The molecule has 1 aromatic rings. The molecule has 0 saturated heterocycles. The molecule has 1 aliphatic heterocycles. The van der Waals surface area contributed by atoms with Gasteiger partial charge in [0.2, 0.25) is 0 Å². The highest BCUT2D eigenvalue weighted by atomic mass is 32.2. The van der Waals surface area contributed by atoms with E-state index in [1.807, 2.05) is 23.1 Å². The van der Waals surface area contributed by atoms with Crippen LogP contribution in [0.3, 0.4) is 0 Å². The lowest BCUT2D eigenvalue weighted by molar-refractivity contribution is 0.263. The second kappa shape index (κ2) is 9.11. The number of thiophene rings is 1. The summed E-state index contributed by atoms with van der Waals surface area (Å²) in [6.07, 6.45) is 7.29. The molecule has 24 heavy (non-hydrogen) atoms. The Labute approximate surface area is 154 Å². The highest BCUT2D eigenvalue weighted by Gasteiger charge is 2.24. The lowest BCUT2D eigenvalue weighted by Crippen LogP contribution is -2.43. The molecule has 134 valence electrons. The van der Waals surface area contributed by atoms with Gasteiger partial charge < -0.3 is 10.6 Å². The molecule has 0 spiro atoms. The van der Waals surface area contributed by atoms with E-state index in [2.05, 4.69) is 40.2 Å². The first-order chi connectivity index (χ1) is 11.8. The average molecular weight is 367 g/mol. The van der Waals surface area contributed by atoms with Crippen LogP contribution in [0.25, 0.3) is 0 Å². The van der Waals surface area contributed by atoms with Crippen molar-refractivity contribution >= 4 is 29.1 Å². The third kappa shape index (κ3) is 4.90. The number of rotatable bonds is 6.